The lowest BCUT2D eigenvalue weighted by Gasteiger charge is -2.34. The van der Waals surface area contributed by atoms with Crippen molar-refractivity contribution in [3.63, 3.8) is 0 Å². The van der Waals surface area contributed by atoms with Crippen LogP contribution in [0.5, 0.6) is 0 Å². The summed E-state index contributed by atoms with van der Waals surface area (Å²) in [4.78, 5) is 16.2. The zero-order valence-corrected chi connectivity index (χ0v) is 8.62. The molecule has 15 heavy (non-hydrogen) atoms. The largest absolute Gasteiger partial charge is 0.351 e. The van der Waals surface area contributed by atoms with Crippen molar-refractivity contribution < 1.29 is 4.79 Å². The summed E-state index contributed by atoms with van der Waals surface area (Å²) < 4.78 is 0. The number of fused-ring (bicyclic) bond motifs is 2. The van der Waals surface area contributed by atoms with Crippen molar-refractivity contribution in [2.45, 2.75) is 37.6 Å². The Kier molecular flexibility index (Phi) is 1.81. The third-order valence-corrected chi connectivity index (χ3v) is 3.75. The van der Waals surface area contributed by atoms with Crippen molar-refractivity contribution in [1.82, 2.24) is 10.3 Å². The summed E-state index contributed by atoms with van der Waals surface area (Å²) in [6.07, 6.45) is 8.00. The molecule has 1 aromatic heterocycles. The molecule has 78 valence electrons. The highest BCUT2D eigenvalue weighted by Gasteiger charge is 2.45. The highest BCUT2D eigenvalue weighted by atomic mass is 16.2. The summed E-state index contributed by atoms with van der Waals surface area (Å²) in [5.74, 6) is 0.221. The first-order valence-electron chi connectivity index (χ1n) is 5.55. The Morgan fingerprint density at radius 2 is 2.13 bits per heavy atom. The van der Waals surface area contributed by atoms with Crippen LogP contribution >= 0.6 is 0 Å². The molecule has 2 aliphatic rings. The van der Waals surface area contributed by atoms with Gasteiger partial charge in [0.15, 0.2) is 0 Å². The number of carbonyl (C=O) groups is 1. The molecule has 1 aliphatic carbocycles. The van der Waals surface area contributed by atoms with E-state index in [4.69, 9.17) is 0 Å². The van der Waals surface area contributed by atoms with E-state index in [-0.39, 0.29) is 11.3 Å². The molecule has 0 aromatic carbocycles. The highest BCUT2D eigenvalue weighted by molar-refractivity contribution is 5.90. The van der Waals surface area contributed by atoms with Gasteiger partial charge < -0.3 is 5.32 Å². The van der Waals surface area contributed by atoms with E-state index in [2.05, 4.69) is 10.3 Å². The fourth-order valence-electron chi connectivity index (χ4n) is 2.98. The smallest absolute Gasteiger partial charge is 0.230 e. The van der Waals surface area contributed by atoms with Crippen LogP contribution in [0.4, 0.5) is 0 Å². The standard InChI is InChI=1S/C12H14N2O/c15-11-12(4-1-2-5-12)10-3-6-13-7-9(10)8-14-11/h3,6-7H,1-2,4-5,8H2,(H,14,15). The third-order valence-electron chi connectivity index (χ3n) is 3.75. The lowest BCUT2D eigenvalue weighted by atomic mass is 9.74. The van der Waals surface area contributed by atoms with Gasteiger partial charge in [-0.15, -0.1) is 0 Å². The second-order valence-corrected chi connectivity index (χ2v) is 4.50. The van der Waals surface area contributed by atoms with Gasteiger partial charge in [-0.2, -0.15) is 0 Å². The Morgan fingerprint density at radius 1 is 1.33 bits per heavy atom. The molecule has 1 amide bonds. The number of aromatic nitrogens is 1. The molecule has 1 aromatic rings. The summed E-state index contributed by atoms with van der Waals surface area (Å²) in [6, 6.07) is 2.03. The van der Waals surface area contributed by atoms with Gasteiger partial charge >= 0.3 is 0 Å². The molecule has 1 spiro atoms. The Bertz CT molecular complexity index is 408. The lowest BCUT2D eigenvalue weighted by molar-refractivity contribution is -0.127. The van der Waals surface area contributed by atoms with Crippen molar-refractivity contribution in [2.75, 3.05) is 0 Å². The number of carbonyl (C=O) groups excluding carboxylic acids is 1. The number of nitrogens with zero attached hydrogens (tertiary/aromatic N) is 1. The van der Waals surface area contributed by atoms with E-state index < -0.39 is 0 Å². The summed E-state index contributed by atoms with van der Waals surface area (Å²) in [5.41, 5.74) is 2.19. The SMILES string of the molecule is O=C1NCc2cnccc2C12CCCC2. The minimum Gasteiger partial charge on any atom is -0.351 e. The first-order chi connectivity index (χ1) is 7.33. The lowest BCUT2D eigenvalue weighted by Crippen LogP contribution is -2.47. The van der Waals surface area contributed by atoms with Gasteiger partial charge in [-0.05, 0) is 30.0 Å². The molecular weight excluding hydrogens is 188 g/mol. The maximum Gasteiger partial charge on any atom is 0.230 e. The molecule has 0 unspecified atom stereocenters. The minimum absolute atomic E-state index is 0.221. The molecule has 0 radical (unpaired) electrons. The molecule has 3 heteroatoms. The first kappa shape index (κ1) is 8.89. The average Bonchev–Trinajstić information content (AvgIpc) is 2.75. The van der Waals surface area contributed by atoms with Gasteiger partial charge in [0.1, 0.15) is 0 Å². The third kappa shape index (κ3) is 1.12. The van der Waals surface area contributed by atoms with Crippen LogP contribution in [0.25, 0.3) is 0 Å². The van der Waals surface area contributed by atoms with Crippen molar-refractivity contribution in [3.05, 3.63) is 29.6 Å². The summed E-state index contributed by atoms with van der Waals surface area (Å²) in [5, 5.41) is 2.99. The maximum atomic E-state index is 12.0. The van der Waals surface area contributed by atoms with Crippen molar-refractivity contribution in [3.8, 4) is 0 Å². The number of rotatable bonds is 0. The van der Waals surface area contributed by atoms with Crippen LogP contribution in [0, 0.1) is 0 Å². The molecule has 3 nitrogen and oxygen atoms in total. The van der Waals surface area contributed by atoms with E-state index in [1.807, 2.05) is 12.3 Å². The van der Waals surface area contributed by atoms with E-state index in [0.717, 1.165) is 25.7 Å². The average molecular weight is 202 g/mol. The van der Waals surface area contributed by atoms with Gasteiger partial charge in [-0.25, -0.2) is 0 Å². The molecule has 1 saturated carbocycles. The number of hydrogen-bond acceptors (Lipinski definition) is 2. The topological polar surface area (TPSA) is 42.0 Å². The summed E-state index contributed by atoms with van der Waals surface area (Å²) in [6.45, 7) is 0.643. The predicted molar refractivity (Wildman–Crippen MR) is 56.2 cm³/mol. The molecule has 1 aliphatic heterocycles. The Labute approximate surface area is 88.9 Å². The van der Waals surface area contributed by atoms with Crippen LogP contribution in [-0.4, -0.2) is 10.9 Å². The van der Waals surface area contributed by atoms with Gasteiger partial charge in [0.05, 0.1) is 5.41 Å². The second kappa shape index (κ2) is 3.05. The van der Waals surface area contributed by atoms with Crippen molar-refractivity contribution in [1.29, 1.82) is 0 Å². The maximum absolute atomic E-state index is 12.0. The molecule has 3 rings (SSSR count). The van der Waals surface area contributed by atoms with Crippen molar-refractivity contribution >= 4 is 5.91 Å². The number of pyridine rings is 1. The Balaban J connectivity index is 2.17. The van der Waals surface area contributed by atoms with Crippen LogP contribution in [0.1, 0.15) is 36.8 Å². The van der Waals surface area contributed by atoms with Crippen molar-refractivity contribution in [2.24, 2.45) is 0 Å². The van der Waals surface area contributed by atoms with Crippen LogP contribution in [0.2, 0.25) is 0 Å². The quantitative estimate of drug-likeness (QED) is 0.693. The fourth-order valence-corrected chi connectivity index (χ4v) is 2.98. The van der Waals surface area contributed by atoms with E-state index in [9.17, 15) is 4.79 Å². The zero-order chi connectivity index (χ0) is 10.3. The van der Waals surface area contributed by atoms with E-state index in [1.165, 1.54) is 11.1 Å². The zero-order valence-electron chi connectivity index (χ0n) is 8.62. The molecule has 1 N–H and O–H groups in total. The second-order valence-electron chi connectivity index (χ2n) is 4.50. The van der Waals surface area contributed by atoms with E-state index in [1.54, 1.807) is 6.20 Å². The molecular formula is C12H14N2O. The van der Waals surface area contributed by atoms with Gasteiger partial charge in [-0.1, -0.05) is 12.8 Å². The Hall–Kier alpha value is -1.38. The number of nitrogens with one attached hydrogen (secondary N) is 1. The predicted octanol–water partition coefficient (Wildman–Crippen LogP) is 1.52. The van der Waals surface area contributed by atoms with Gasteiger partial charge in [0.2, 0.25) is 5.91 Å². The van der Waals surface area contributed by atoms with Crippen LogP contribution in [0.3, 0.4) is 0 Å². The molecule has 0 bridgehead atoms. The minimum atomic E-state index is -0.226. The highest BCUT2D eigenvalue weighted by Crippen LogP contribution is 2.44. The van der Waals surface area contributed by atoms with E-state index in [0.29, 0.717) is 6.54 Å². The molecule has 0 atom stereocenters. The molecule has 0 saturated heterocycles. The van der Waals surface area contributed by atoms with Gasteiger partial charge in [0, 0.05) is 18.9 Å². The summed E-state index contributed by atoms with van der Waals surface area (Å²) >= 11 is 0. The fraction of sp³-hybridized carbons (Fsp3) is 0.500. The van der Waals surface area contributed by atoms with Crippen LogP contribution in [-0.2, 0) is 16.8 Å². The summed E-state index contributed by atoms with van der Waals surface area (Å²) in [7, 11) is 0. The van der Waals surface area contributed by atoms with Gasteiger partial charge in [-0.3, -0.25) is 9.78 Å². The number of amides is 1. The number of hydrogen-bond donors (Lipinski definition) is 1. The van der Waals surface area contributed by atoms with Crippen LogP contribution < -0.4 is 5.32 Å². The van der Waals surface area contributed by atoms with Crippen LogP contribution in [0.15, 0.2) is 18.5 Å². The monoisotopic (exact) mass is 202 g/mol. The molecule has 1 fully saturated rings. The van der Waals surface area contributed by atoms with E-state index >= 15 is 0 Å². The van der Waals surface area contributed by atoms with Gasteiger partial charge in [0.25, 0.3) is 0 Å². The molecule has 2 heterocycles. The Morgan fingerprint density at radius 3 is 2.93 bits per heavy atom. The normalized spacial score (nSPS) is 22.5. The first-order valence-corrected chi connectivity index (χ1v) is 5.55.